The Kier molecular flexibility index (Phi) is 6.05. The van der Waals surface area contributed by atoms with E-state index in [0.29, 0.717) is 34.5 Å². The zero-order valence-electron chi connectivity index (χ0n) is 15.9. The van der Waals surface area contributed by atoms with Crippen LogP contribution in [0.5, 0.6) is 0 Å². The number of benzene rings is 1. The number of ether oxygens (including phenoxy) is 1. The molecule has 2 N–H and O–H groups in total. The van der Waals surface area contributed by atoms with Gasteiger partial charge < -0.3 is 15.0 Å². The lowest BCUT2D eigenvalue weighted by molar-refractivity contribution is 0.199. The van der Waals surface area contributed by atoms with Crippen LogP contribution in [0.1, 0.15) is 6.42 Å². The Balaban J connectivity index is 1.88. The average molecular weight is 425 g/mol. The largest absolute Gasteiger partial charge is 0.611 e. The van der Waals surface area contributed by atoms with E-state index >= 15 is 0 Å². The Hall–Kier alpha value is -2.52. The summed E-state index contributed by atoms with van der Waals surface area (Å²) >= 11 is 0.159. The maximum absolute atomic E-state index is 12.8. The molecule has 1 atom stereocenters. The van der Waals surface area contributed by atoms with E-state index in [0.717, 1.165) is 27.0 Å². The standard InChI is InChI=1S/C21H20N4O2S2/c1-27-11-6-12-29(26)21-17(22)16-18(14-7-3-2-4-8-14)24-19(25-20(16)28-21)15-9-5-10-23-13-15/h2-5,7-10,13H,6,11-12,22H2,1H3. The molecule has 3 aromatic heterocycles. The van der Waals surface area contributed by atoms with Gasteiger partial charge in [-0.05, 0) is 23.3 Å². The highest BCUT2D eigenvalue weighted by Gasteiger charge is 2.25. The number of pyridine rings is 1. The predicted molar refractivity (Wildman–Crippen MR) is 118 cm³/mol. The van der Waals surface area contributed by atoms with E-state index in [1.54, 1.807) is 19.5 Å². The van der Waals surface area contributed by atoms with Gasteiger partial charge in [0.05, 0.1) is 17.7 Å². The first-order valence-electron chi connectivity index (χ1n) is 9.12. The van der Waals surface area contributed by atoms with Crippen molar-refractivity contribution in [1.29, 1.82) is 0 Å². The summed E-state index contributed by atoms with van der Waals surface area (Å²) in [5.74, 6) is 1.07. The van der Waals surface area contributed by atoms with E-state index < -0.39 is 11.2 Å². The lowest BCUT2D eigenvalue weighted by Crippen LogP contribution is -2.09. The van der Waals surface area contributed by atoms with E-state index in [-0.39, 0.29) is 0 Å². The molecule has 0 aliphatic rings. The molecule has 1 unspecified atom stereocenters. The topological polar surface area (TPSA) is 97.0 Å². The second kappa shape index (κ2) is 8.87. The van der Waals surface area contributed by atoms with Crippen molar-refractivity contribution in [1.82, 2.24) is 15.0 Å². The van der Waals surface area contributed by atoms with Crippen molar-refractivity contribution in [2.45, 2.75) is 10.6 Å². The highest BCUT2D eigenvalue weighted by molar-refractivity contribution is 7.93. The molecule has 1 aromatic carbocycles. The summed E-state index contributed by atoms with van der Waals surface area (Å²) in [7, 11) is 1.64. The molecule has 0 aliphatic carbocycles. The Bertz CT molecular complexity index is 1100. The molecule has 3 heterocycles. The summed E-state index contributed by atoms with van der Waals surface area (Å²) < 4.78 is 18.6. The molecule has 0 bridgehead atoms. The fourth-order valence-electron chi connectivity index (χ4n) is 3.03. The van der Waals surface area contributed by atoms with Gasteiger partial charge in [-0.2, -0.15) is 0 Å². The average Bonchev–Trinajstić information content (AvgIpc) is 3.11. The molecule has 0 amide bonds. The van der Waals surface area contributed by atoms with E-state index in [9.17, 15) is 4.55 Å². The second-order valence-corrected chi connectivity index (χ2v) is 9.15. The van der Waals surface area contributed by atoms with Crippen LogP contribution in [0.15, 0.2) is 59.1 Å². The molecule has 0 fully saturated rings. The van der Waals surface area contributed by atoms with Gasteiger partial charge in [-0.1, -0.05) is 41.7 Å². The van der Waals surface area contributed by atoms with Gasteiger partial charge in [-0.3, -0.25) is 4.98 Å². The van der Waals surface area contributed by atoms with E-state index in [1.807, 2.05) is 42.5 Å². The summed E-state index contributed by atoms with van der Waals surface area (Å²) in [6.45, 7) is 0.566. The third-order valence-electron chi connectivity index (χ3n) is 4.41. The number of fused-ring (bicyclic) bond motifs is 1. The van der Waals surface area contributed by atoms with Crippen molar-refractivity contribution in [3.8, 4) is 22.6 Å². The van der Waals surface area contributed by atoms with E-state index in [1.165, 1.54) is 11.3 Å². The van der Waals surface area contributed by atoms with Gasteiger partial charge in [0.2, 0.25) is 4.21 Å². The quantitative estimate of drug-likeness (QED) is 0.354. The van der Waals surface area contributed by atoms with Crippen molar-refractivity contribution < 1.29 is 9.29 Å². The van der Waals surface area contributed by atoms with Gasteiger partial charge in [0.15, 0.2) is 5.82 Å². The van der Waals surface area contributed by atoms with Gasteiger partial charge in [0.25, 0.3) is 0 Å². The van der Waals surface area contributed by atoms with Crippen LogP contribution in [-0.2, 0) is 15.9 Å². The minimum Gasteiger partial charge on any atom is -0.611 e. The summed E-state index contributed by atoms with van der Waals surface area (Å²) in [6.07, 6.45) is 4.15. The summed E-state index contributed by atoms with van der Waals surface area (Å²) in [5, 5.41) is 0.754. The summed E-state index contributed by atoms with van der Waals surface area (Å²) in [6, 6.07) is 13.6. The van der Waals surface area contributed by atoms with Crippen molar-refractivity contribution in [2.75, 3.05) is 25.2 Å². The van der Waals surface area contributed by atoms with E-state index in [2.05, 4.69) is 4.98 Å². The first kappa shape index (κ1) is 19.8. The number of aromatic nitrogens is 3. The van der Waals surface area contributed by atoms with Crippen LogP contribution in [0.4, 0.5) is 5.69 Å². The van der Waals surface area contributed by atoms with Crippen LogP contribution in [0, 0.1) is 0 Å². The molecular formula is C21H20N4O2S2. The number of hydrogen-bond acceptors (Lipinski definition) is 7. The highest BCUT2D eigenvalue weighted by Crippen LogP contribution is 2.42. The summed E-state index contributed by atoms with van der Waals surface area (Å²) in [4.78, 5) is 14.4. The molecule has 0 saturated heterocycles. The van der Waals surface area contributed by atoms with E-state index in [4.69, 9.17) is 20.4 Å². The Morgan fingerprint density at radius 1 is 1.10 bits per heavy atom. The van der Waals surface area contributed by atoms with Gasteiger partial charge in [-0.25, -0.2) is 9.97 Å². The van der Waals surface area contributed by atoms with Crippen LogP contribution in [0.2, 0.25) is 0 Å². The molecule has 0 aliphatic heterocycles. The minimum atomic E-state index is -1.21. The predicted octanol–water partition coefficient (Wildman–Crippen LogP) is 4.15. The van der Waals surface area contributed by atoms with Crippen molar-refractivity contribution in [3.05, 3.63) is 54.9 Å². The van der Waals surface area contributed by atoms with Gasteiger partial charge in [0, 0.05) is 37.1 Å². The van der Waals surface area contributed by atoms with Crippen molar-refractivity contribution in [3.63, 3.8) is 0 Å². The molecule has 0 saturated carbocycles. The molecule has 0 spiro atoms. The highest BCUT2D eigenvalue weighted by atomic mass is 32.2. The number of nitrogens with zero attached hydrogens (tertiary/aromatic N) is 3. The maximum atomic E-state index is 12.8. The zero-order valence-corrected chi connectivity index (χ0v) is 17.5. The van der Waals surface area contributed by atoms with Crippen molar-refractivity contribution in [2.24, 2.45) is 0 Å². The molecule has 4 aromatic rings. The van der Waals surface area contributed by atoms with Crippen LogP contribution in [0.25, 0.3) is 32.9 Å². The number of methoxy groups -OCH3 is 1. The number of rotatable bonds is 7. The molecule has 4 rings (SSSR count). The monoisotopic (exact) mass is 424 g/mol. The van der Waals surface area contributed by atoms with Crippen molar-refractivity contribution >= 4 is 38.4 Å². The minimum absolute atomic E-state index is 0.494. The van der Waals surface area contributed by atoms with Crippen LogP contribution < -0.4 is 5.73 Å². The molecule has 29 heavy (non-hydrogen) atoms. The van der Waals surface area contributed by atoms with Crippen LogP contribution in [-0.4, -0.2) is 39.0 Å². The smallest absolute Gasteiger partial charge is 0.232 e. The first-order chi connectivity index (χ1) is 14.2. The van der Waals surface area contributed by atoms with Crippen LogP contribution >= 0.6 is 11.3 Å². The maximum Gasteiger partial charge on any atom is 0.232 e. The third-order valence-corrected chi connectivity index (χ3v) is 7.40. The number of nitrogens with two attached hydrogens (primary N) is 1. The number of thiophene rings is 1. The Morgan fingerprint density at radius 2 is 1.90 bits per heavy atom. The molecule has 148 valence electrons. The number of nitrogen functional groups attached to an aromatic ring is 1. The van der Waals surface area contributed by atoms with Crippen LogP contribution in [0.3, 0.4) is 0 Å². The fraction of sp³-hybridized carbons (Fsp3) is 0.190. The normalized spacial score (nSPS) is 12.3. The second-order valence-electron chi connectivity index (χ2n) is 6.38. The first-order valence-corrected chi connectivity index (χ1v) is 11.3. The zero-order chi connectivity index (χ0) is 20.2. The fourth-order valence-corrected chi connectivity index (χ4v) is 5.63. The molecule has 6 nitrogen and oxygen atoms in total. The lowest BCUT2D eigenvalue weighted by Gasteiger charge is -2.09. The van der Waals surface area contributed by atoms with Gasteiger partial charge in [0.1, 0.15) is 16.3 Å². The SMILES string of the molecule is COCCC[S+]([O-])c1sc2nc(-c3cccnc3)nc(-c3ccccc3)c2c1N. The Labute approximate surface area is 176 Å². The molecule has 8 heteroatoms. The molecule has 0 radical (unpaired) electrons. The number of anilines is 1. The summed E-state index contributed by atoms with van der Waals surface area (Å²) in [5.41, 5.74) is 9.46. The van der Waals surface area contributed by atoms with Gasteiger partial charge >= 0.3 is 0 Å². The lowest BCUT2D eigenvalue weighted by atomic mass is 10.1. The Morgan fingerprint density at radius 3 is 2.62 bits per heavy atom. The number of hydrogen-bond donors (Lipinski definition) is 1. The van der Waals surface area contributed by atoms with Gasteiger partial charge in [-0.15, -0.1) is 0 Å². The third kappa shape index (κ3) is 4.11. The molecular weight excluding hydrogens is 404 g/mol.